The molecule has 0 spiro atoms. The van der Waals surface area contributed by atoms with E-state index in [0.29, 0.717) is 6.42 Å². The van der Waals surface area contributed by atoms with Crippen molar-refractivity contribution in [3.63, 3.8) is 0 Å². The lowest BCUT2D eigenvalue weighted by atomic mass is 10.2. The van der Waals surface area contributed by atoms with Crippen molar-refractivity contribution in [3.8, 4) is 11.8 Å². The van der Waals surface area contributed by atoms with Crippen LogP contribution in [0.5, 0.6) is 0 Å². The van der Waals surface area contributed by atoms with Crippen molar-refractivity contribution < 1.29 is 5.11 Å². The van der Waals surface area contributed by atoms with Crippen LogP contribution in [0.2, 0.25) is 0 Å². The predicted octanol–water partition coefficient (Wildman–Crippen LogP) is 0.842. The number of rotatable bonds is 1. The summed E-state index contributed by atoms with van der Waals surface area (Å²) in [5.41, 5.74) is 0. The maximum absolute atomic E-state index is 8.44. The van der Waals surface area contributed by atoms with Crippen LogP contribution in [0.1, 0.15) is 13.3 Å². The number of hydrogen-bond acceptors (Lipinski definition) is 1. The maximum atomic E-state index is 8.44. The fourth-order valence-electron chi connectivity index (χ4n) is 0.292. The lowest BCUT2D eigenvalue weighted by Gasteiger charge is -1.92. The van der Waals surface area contributed by atoms with Crippen molar-refractivity contribution in [1.29, 1.82) is 0 Å². The third-order valence-corrected chi connectivity index (χ3v) is 0.747. The topological polar surface area (TPSA) is 20.2 Å². The van der Waals surface area contributed by atoms with Crippen molar-refractivity contribution in [3.05, 3.63) is 6.92 Å². The summed E-state index contributed by atoms with van der Waals surface area (Å²) in [6.45, 7) is 5.56. The Morgan fingerprint density at radius 1 is 1.75 bits per heavy atom. The predicted molar refractivity (Wildman–Crippen MR) is 34.0 cm³/mol. The molecule has 0 aromatic heterocycles. The van der Waals surface area contributed by atoms with Crippen LogP contribution in [0, 0.1) is 24.7 Å². The zero-order valence-electron chi connectivity index (χ0n) is 5.15. The Balaban J connectivity index is 3.35. The van der Waals surface area contributed by atoms with Gasteiger partial charge < -0.3 is 5.11 Å². The molecule has 0 aromatic rings. The molecule has 1 nitrogen and oxygen atoms in total. The van der Waals surface area contributed by atoms with E-state index >= 15 is 0 Å². The summed E-state index contributed by atoms with van der Waals surface area (Å²) in [4.78, 5) is 0. The van der Waals surface area contributed by atoms with Crippen LogP contribution in [-0.2, 0) is 0 Å². The van der Waals surface area contributed by atoms with Crippen LogP contribution in [0.3, 0.4) is 0 Å². The Hall–Kier alpha value is -0.480. The van der Waals surface area contributed by atoms with E-state index in [1.807, 2.05) is 6.92 Å². The minimum Gasteiger partial charge on any atom is -0.395 e. The molecule has 1 radical (unpaired) electrons. The third-order valence-electron chi connectivity index (χ3n) is 0.747. The molecule has 45 valence electrons. The molecule has 0 aromatic carbocycles. The number of hydrogen-bond donors (Lipinski definition) is 1. The Morgan fingerprint density at radius 3 is 2.75 bits per heavy atom. The van der Waals surface area contributed by atoms with E-state index in [0.717, 1.165) is 0 Å². The van der Waals surface area contributed by atoms with Gasteiger partial charge in [0.15, 0.2) is 0 Å². The highest BCUT2D eigenvalue weighted by atomic mass is 16.3. The normalized spacial score (nSPS) is 11.9. The van der Waals surface area contributed by atoms with Gasteiger partial charge in [-0.05, 0) is 13.8 Å². The molecule has 0 heterocycles. The molecule has 1 N–H and O–H groups in total. The molecule has 0 bridgehead atoms. The molecule has 0 saturated carbocycles. The second-order valence-corrected chi connectivity index (χ2v) is 1.65. The second kappa shape index (κ2) is 4.67. The monoisotopic (exact) mass is 111 g/mol. The molecule has 0 rings (SSSR count). The molecule has 8 heavy (non-hydrogen) atoms. The summed E-state index contributed by atoms with van der Waals surface area (Å²) >= 11 is 0. The van der Waals surface area contributed by atoms with E-state index < -0.39 is 0 Å². The molecule has 0 saturated heterocycles. The van der Waals surface area contributed by atoms with E-state index in [9.17, 15) is 0 Å². The van der Waals surface area contributed by atoms with E-state index in [1.54, 1.807) is 0 Å². The van der Waals surface area contributed by atoms with Gasteiger partial charge in [-0.15, -0.1) is 5.92 Å². The molecule has 0 amide bonds. The van der Waals surface area contributed by atoms with Gasteiger partial charge in [-0.3, -0.25) is 0 Å². The summed E-state index contributed by atoms with van der Waals surface area (Å²) in [5, 5.41) is 8.44. The van der Waals surface area contributed by atoms with Crippen molar-refractivity contribution in [2.75, 3.05) is 6.61 Å². The first-order chi connectivity index (χ1) is 3.81. The molecular weight excluding hydrogens is 100 g/mol. The van der Waals surface area contributed by atoms with Crippen LogP contribution >= 0.6 is 0 Å². The molecule has 1 unspecified atom stereocenters. The van der Waals surface area contributed by atoms with Crippen molar-refractivity contribution in [2.45, 2.75) is 13.3 Å². The second-order valence-electron chi connectivity index (χ2n) is 1.65. The highest BCUT2D eigenvalue weighted by Crippen LogP contribution is 1.87. The Kier molecular flexibility index (Phi) is 4.39. The molecule has 0 aliphatic carbocycles. The lowest BCUT2D eigenvalue weighted by molar-refractivity contribution is 0.266. The van der Waals surface area contributed by atoms with Crippen LogP contribution in [0.15, 0.2) is 0 Å². The molecule has 1 atom stereocenters. The summed E-state index contributed by atoms with van der Waals surface area (Å²) in [6.07, 6.45) is 0.629. The Morgan fingerprint density at radius 2 is 2.38 bits per heavy atom. The van der Waals surface area contributed by atoms with Crippen molar-refractivity contribution in [2.24, 2.45) is 5.92 Å². The minimum absolute atomic E-state index is 0.108. The first kappa shape index (κ1) is 7.52. The van der Waals surface area contributed by atoms with Gasteiger partial charge >= 0.3 is 0 Å². The molecule has 0 fully saturated rings. The fraction of sp³-hybridized carbons (Fsp3) is 0.571. The lowest BCUT2D eigenvalue weighted by Crippen LogP contribution is -1.95. The molecular formula is C7H11O. The maximum Gasteiger partial charge on any atom is 0.0566 e. The average Bonchev–Trinajstić information content (AvgIpc) is 1.83. The SMILES string of the molecule is [CH2]CC#CC(C)CO. The van der Waals surface area contributed by atoms with Gasteiger partial charge in [-0.2, -0.15) is 0 Å². The van der Waals surface area contributed by atoms with Gasteiger partial charge in [0.2, 0.25) is 0 Å². The minimum atomic E-state index is 0.108. The third kappa shape index (κ3) is 3.70. The van der Waals surface area contributed by atoms with Gasteiger partial charge in [0.25, 0.3) is 0 Å². The van der Waals surface area contributed by atoms with Gasteiger partial charge in [0.05, 0.1) is 6.61 Å². The standard InChI is InChI=1S/C7H11O/c1-3-4-5-7(2)6-8/h7-8H,1,3,6H2,2H3. The van der Waals surface area contributed by atoms with Crippen LogP contribution in [0.4, 0.5) is 0 Å². The van der Waals surface area contributed by atoms with E-state index in [4.69, 9.17) is 5.11 Å². The van der Waals surface area contributed by atoms with Crippen molar-refractivity contribution >= 4 is 0 Å². The van der Waals surface area contributed by atoms with Crippen LogP contribution < -0.4 is 0 Å². The highest BCUT2D eigenvalue weighted by molar-refractivity contribution is 5.02. The van der Waals surface area contributed by atoms with E-state index in [1.165, 1.54) is 0 Å². The van der Waals surface area contributed by atoms with Crippen LogP contribution in [0.25, 0.3) is 0 Å². The highest BCUT2D eigenvalue weighted by Gasteiger charge is 1.88. The smallest absolute Gasteiger partial charge is 0.0566 e. The van der Waals surface area contributed by atoms with Gasteiger partial charge in [-0.1, -0.05) is 5.92 Å². The van der Waals surface area contributed by atoms with E-state index in [2.05, 4.69) is 18.8 Å². The van der Waals surface area contributed by atoms with Gasteiger partial charge in [0.1, 0.15) is 0 Å². The molecule has 1 heteroatoms. The molecule has 0 aliphatic heterocycles. The molecule has 0 aliphatic rings. The quantitative estimate of drug-likeness (QED) is 0.497. The number of aliphatic hydroxyl groups excluding tert-OH is 1. The summed E-state index contributed by atoms with van der Waals surface area (Å²) < 4.78 is 0. The largest absolute Gasteiger partial charge is 0.395 e. The zero-order valence-corrected chi connectivity index (χ0v) is 5.15. The Labute approximate surface area is 50.7 Å². The Bertz CT molecular complexity index is 96.7. The summed E-state index contributed by atoms with van der Waals surface area (Å²) in [5.74, 6) is 5.71. The average molecular weight is 111 g/mol. The van der Waals surface area contributed by atoms with Gasteiger partial charge in [0, 0.05) is 12.3 Å². The zero-order chi connectivity index (χ0) is 6.41. The summed E-state index contributed by atoms with van der Waals surface area (Å²) in [6, 6.07) is 0. The van der Waals surface area contributed by atoms with Crippen LogP contribution in [-0.4, -0.2) is 11.7 Å². The number of aliphatic hydroxyl groups is 1. The fourth-order valence-corrected chi connectivity index (χ4v) is 0.292. The van der Waals surface area contributed by atoms with Gasteiger partial charge in [-0.25, -0.2) is 0 Å². The summed E-state index contributed by atoms with van der Waals surface area (Å²) in [7, 11) is 0. The van der Waals surface area contributed by atoms with Crippen molar-refractivity contribution in [1.82, 2.24) is 0 Å². The first-order valence-corrected chi connectivity index (χ1v) is 2.69. The van der Waals surface area contributed by atoms with E-state index in [-0.39, 0.29) is 12.5 Å². The first-order valence-electron chi connectivity index (χ1n) is 2.69.